The molecule has 10 heteroatoms. The summed E-state index contributed by atoms with van der Waals surface area (Å²) in [4.78, 5) is 50.9. The number of rotatable bonds is 5. The summed E-state index contributed by atoms with van der Waals surface area (Å²) in [5, 5.41) is 13.3. The molecule has 0 radical (unpaired) electrons. The highest BCUT2D eigenvalue weighted by molar-refractivity contribution is 6.05. The van der Waals surface area contributed by atoms with Gasteiger partial charge >= 0.3 is 6.09 Å². The molecule has 3 aliphatic rings. The fourth-order valence-electron chi connectivity index (χ4n) is 4.81. The average molecular weight is 432 g/mol. The summed E-state index contributed by atoms with van der Waals surface area (Å²) >= 11 is 0. The molecule has 2 fully saturated rings. The maximum atomic E-state index is 14.4. The van der Waals surface area contributed by atoms with Gasteiger partial charge in [0.25, 0.3) is 5.91 Å². The molecule has 1 aromatic rings. The van der Waals surface area contributed by atoms with Crippen LogP contribution in [0.2, 0.25) is 0 Å². The maximum absolute atomic E-state index is 14.4. The largest absolute Gasteiger partial charge is 0.465 e. The van der Waals surface area contributed by atoms with Gasteiger partial charge in [-0.2, -0.15) is 0 Å². The zero-order valence-corrected chi connectivity index (χ0v) is 17.0. The summed E-state index contributed by atoms with van der Waals surface area (Å²) in [6, 6.07) is 2.00. The van der Waals surface area contributed by atoms with Gasteiger partial charge in [0.2, 0.25) is 11.8 Å². The number of hydrogen-bond acceptors (Lipinski definition) is 5. The molecule has 2 saturated heterocycles. The number of imide groups is 1. The SMILES string of the molecule is O=C(O)NCCN1CCC(c2cc(F)cc3c2CN(C2CCC(=O)NC2=O)C3=O)CC1. The zero-order chi connectivity index (χ0) is 22.1. The first-order chi connectivity index (χ1) is 14.8. The molecular formula is C21H25FN4O5. The second-order valence-corrected chi connectivity index (χ2v) is 8.27. The van der Waals surface area contributed by atoms with E-state index in [-0.39, 0.29) is 37.1 Å². The quantitative estimate of drug-likeness (QED) is 0.598. The van der Waals surface area contributed by atoms with E-state index >= 15 is 0 Å². The number of halogens is 1. The number of hydrogen-bond donors (Lipinski definition) is 3. The Bertz CT molecular complexity index is 929. The van der Waals surface area contributed by atoms with Gasteiger partial charge in [0.05, 0.1) is 0 Å². The maximum Gasteiger partial charge on any atom is 0.404 e. The summed E-state index contributed by atoms with van der Waals surface area (Å²) in [7, 11) is 0. The van der Waals surface area contributed by atoms with Crippen molar-refractivity contribution in [2.45, 2.75) is 44.2 Å². The standard InChI is InChI=1S/C21H25FN4O5/c22-13-9-14(12-3-6-25(7-4-12)8-5-23-21(30)31)16-11-26(20(29)15(16)10-13)17-1-2-18(27)24-19(17)28/h9-10,12,17,23H,1-8,11H2,(H,30,31)(H,24,27,28). The van der Waals surface area contributed by atoms with Gasteiger partial charge in [0.1, 0.15) is 11.9 Å². The molecule has 3 N–H and O–H groups in total. The van der Waals surface area contributed by atoms with Crippen LogP contribution in [0, 0.1) is 5.82 Å². The Morgan fingerprint density at radius 2 is 1.94 bits per heavy atom. The van der Waals surface area contributed by atoms with Crippen LogP contribution in [-0.4, -0.2) is 70.9 Å². The summed E-state index contributed by atoms with van der Waals surface area (Å²) in [6.45, 7) is 2.70. The van der Waals surface area contributed by atoms with Crippen molar-refractivity contribution < 1.29 is 28.7 Å². The van der Waals surface area contributed by atoms with Crippen molar-refractivity contribution in [2.75, 3.05) is 26.2 Å². The van der Waals surface area contributed by atoms with E-state index in [0.29, 0.717) is 18.7 Å². The lowest BCUT2D eigenvalue weighted by Crippen LogP contribution is -2.52. The predicted octanol–water partition coefficient (Wildman–Crippen LogP) is 1.03. The molecule has 1 unspecified atom stereocenters. The van der Waals surface area contributed by atoms with Gasteiger partial charge in [-0.15, -0.1) is 0 Å². The first-order valence-corrected chi connectivity index (χ1v) is 10.5. The molecular weight excluding hydrogens is 407 g/mol. The molecule has 9 nitrogen and oxygen atoms in total. The normalized spacial score (nSPS) is 22.4. The predicted molar refractivity (Wildman–Crippen MR) is 107 cm³/mol. The highest BCUT2D eigenvalue weighted by atomic mass is 19.1. The topological polar surface area (TPSA) is 119 Å². The minimum Gasteiger partial charge on any atom is -0.465 e. The van der Waals surface area contributed by atoms with Crippen LogP contribution in [0.4, 0.5) is 9.18 Å². The van der Waals surface area contributed by atoms with Crippen LogP contribution in [0.25, 0.3) is 0 Å². The third-order valence-corrected chi connectivity index (χ3v) is 6.39. The van der Waals surface area contributed by atoms with Crippen LogP contribution in [-0.2, 0) is 16.1 Å². The molecule has 0 aliphatic carbocycles. The number of nitrogens with one attached hydrogen (secondary N) is 2. The van der Waals surface area contributed by atoms with Crippen LogP contribution in [0.1, 0.15) is 53.1 Å². The van der Waals surface area contributed by atoms with E-state index in [1.807, 2.05) is 0 Å². The van der Waals surface area contributed by atoms with Gasteiger partial charge < -0.3 is 20.2 Å². The van der Waals surface area contributed by atoms with Crippen LogP contribution in [0.5, 0.6) is 0 Å². The molecule has 166 valence electrons. The van der Waals surface area contributed by atoms with Gasteiger partial charge in [0.15, 0.2) is 0 Å². The highest BCUT2D eigenvalue weighted by Crippen LogP contribution is 2.37. The number of carbonyl (C=O) groups is 4. The Morgan fingerprint density at radius 3 is 2.61 bits per heavy atom. The van der Waals surface area contributed by atoms with Crippen molar-refractivity contribution in [2.24, 2.45) is 0 Å². The van der Waals surface area contributed by atoms with E-state index in [4.69, 9.17) is 5.11 Å². The molecule has 3 heterocycles. The van der Waals surface area contributed by atoms with E-state index in [9.17, 15) is 23.6 Å². The van der Waals surface area contributed by atoms with E-state index in [1.165, 1.54) is 17.0 Å². The molecule has 0 bridgehead atoms. The van der Waals surface area contributed by atoms with Crippen LogP contribution in [0.15, 0.2) is 12.1 Å². The summed E-state index contributed by atoms with van der Waals surface area (Å²) < 4.78 is 14.4. The molecule has 31 heavy (non-hydrogen) atoms. The molecule has 3 aliphatic heterocycles. The minimum absolute atomic E-state index is 0.0858. The second-order valence-electron chi connectivity index (χ2n) is 8.27. The van der Waals surface area contributed by atoms with Gasteiger partial charge in [-0.25, -0.2) is 9.18 Å². The van der Waals surface area contributed by atoms with E-state index < -0.39 is 23.9 Å². The van der Waals surface area contributed by atoms with Gasteiger partial charge in [-0.05, 0) is 61.5 Å². The zero-order valence-electron chi connectivity index (χ0n) is 17.0. The first kappa shape index (κ1) is 21.2. The number of amides is 4. The Hall–Kier alpha value is -3.01. The number of carboxylic acid groups (broad SMARTS) is 1. The molecule has 4 rings (SSSR count). The number of carbonyl (C=O) groups excluding carboxylic acids is 3. The number of nitrogens with zero attached hydrogens (tertiary/aromatic N) is 2. The lowest BCUT2D eigenvalue weighted by Gasteiger charge is -2.33. The van der Waals surface area contributed by atoms with Crippen molar-refractivity contribution in [3.63, 3.8) is 0 Å². The fraction of sp³-hybridized carbons (Fsp3) is 0.524. The van der Waals surface area contributed by atoms with Gasteiger partial charge in [0, 0.05) is 31.6 Å². The third kappa shape index (κ3) is 4.39. The van der Waals surface area contributed by atoms with Crippen LogP contribution < -0.4 is 10.6 Å². The molecule has 1 atom stereocenters. The monoisotopic (exact) mass is 432 g/mol. The van der Waals surface area contributed by atoms with E-state index in [0.717, 1.165) is 37.1 Å². The summed E-state index contributed by atoms with van der Waals surface area (Å²) in [6.07, 6.45) is 0.943. The summed E-state index contributed by atoms with van der Waals surface area (Å²) in [5.74, 6) is -1.59. The van der Waals surface area contributed by atoms with Crippen molar-refractivity contribution in [1.82, 2.24) is 20.4 Å². The minimum atomic E-state index is -1.05. The van der Waals surface area contributed by atoms with Crippen molar-refractivity contribution >= 4 is 23.8 Å². The Kier molecular flexibility index (Phi) is 5.90. The smallest absolute Gasteiger partial charge is 0.404 e. The van der Waals surface area contributed by atoms with E-state index in [1.54, 1.807) is 0 Å². The number of piperidine rings is 2. The molecule has 4 amide bonds. The number of benzene rings is 1. The molecule has 0 aromatic heterocycles. The van der Waals surface area contributed by atoms with Crippen LogP contribution >= 0.6 is 0 Å². The number of likely N-dealkylation sites (tertiary alicyclic amines) is 1. The summed E-state index contributed by atoms with van der Waals surface area (Å²) in [5.41, 5.74) is 1.87. The molecule has 0 saturated carbocycles. The Balaban J connectivity index is 1.47. The van der Waals surface area contributed by atoms with Crippen molar-refractivity contribution in [1.29, 1.82) is 0 Å². The highest BCUT2D eigenvalue weighted by Gasteiger charge is 2.41. The molecule has 1 aromatic carbocycles. The van der Waals surface area contributed by atoms with E-state index in [2.05, 4.69) is 15.5 Å². The second kappa shape index (κ2) is 8.62. The Morgan fingerprint density at radius 1 is 1.19 bits per heavy atom. The van der Waals surface area contributed by atoms with Crippen LogP contribution in [0.3, 0.4) is 0 Å². The third-order valence-electron chi connectivity index (χ3n) is 6.39. The number of fused-ring (bicyclic) bond motifs is 1. The molecule has 0 spiro atoms. The first-order valence-electron chi connectivity index (χ1n) is 10.5. The van der Waals surface area contributed by atoms with Gasteiger partial charge in [-0.3, -0.25) is 19.7 Å². The van der Waals surface area contributed by atoms with Crippen molar-refractivity contribution in [3.8, 4) is 0 Å². The lowest BCUT2D eigenvalue weighted by atomic mass is 9.85. The Labute approximate surface area is 178 Å². The fourth-order valence-corrected chi connectivity index (χ4v) is 4.81. The lowest BCUT2D eigenvalue weighted by molar-refractivity contribution is -0.136. The van der Waals surface area contributed by atoms with Gasteiger partial charge in [-0.1, -0.05) is 0 Å². The van der Waals surface area contributed by atoms with Crippen molar-refractivity contribution in [3.05, 3.63) is 34.6 Å². The average Bonchev–Trinajstić information content (AvgIpc) is 3.04.